The van der Waals surface area contributed by atoms with E-state index in [0.717, 1.165) is 44.2 Å². The highest BCUT2D eigenvalue weighted by Gasteiger charge is 2.16. The summed E-state index contributed by atoms with van der Waals surface area (Å²) < 4.78 is 6.33. The molecule has 0 fully saturated rings. The predicted octanol–water partition coefficient (Wildman–Crippen LogP) is 9.43. The van der Waals surface area contributed by atoms with Crippen molar-refractivity contribution in [2.45, 2.75) is 6.92 Å². The van der Waals surface area contributed by atoms with Crippen LogP contribution in [0.1, 0.15) is 17.3 Å². The number of rotatable bonds is 3. The van der Waals surface area contributed by atoms with Crippen LogP contribution in [0.15, 0.2) is 120 Å². The van der Waals surface area contributed by atoms with Crippen LogP contribution >= 0.6 is 0 Å². The Bertz CT molecular complexity index is 1970. The fraction of sp³-hybridized carbons (Fsp3) is 0.0294. The van der Waals surface area contributed by atoms with Gasteiger partial charge in [-0.25, -0.2) is 0 Å². The van der Waals surface area contributed by atoms with Crippen molar-refractivity contribution in [3.63, 3.8) is 0 Å². The lowest BCUT2D eigenvalue weighted by atomic mass is 9.90. The molecule has 0 saturated carbocycles. The molecule has 170 valence electrons. The van der Waals surface area contributed by atoms with E-state index < -0.39 is 0 Å². The summed E-state index contributed by atoms with van der Waals surface area (Å²) in [7, 11) is 0. The van der Waals surface area contributed by atoms with Gasteiger partial charge in [0.2, 0.25) is 0 Å². The molecule has 36 heavy (non-hydrogen) atoms. The number of hydrogen-bond donors (Lipinski definition) is 0. The molecular formula is C34H22O2. The lowest BCUT2D eigenvalue weighted by Gasteiger charge is -2.14. The Hall–Kier alpha value is -4.69. The minimum absolute atomic E-state index is 0.0416. The molecule has 0 amide bonds. The van der Waals surface area contributed by atoms with Gasteiger partial charge < -0.3 is 4.42 Å². The first-order valence-corrected chi connectivity index (χ1v) is 12.1. The summed E-state index contributed by atoms with van der Waals surface area (Å²) in [5.41, 5.74) is 6.49. The molecule has 0 spiro atoms. The molecule has 0 N–H and O–H groups in total. The maximum Gasteiger partial charge on any atom is 0.159 e. The van der Waals surface area contributed by atoms with Gasteiger partial charge in [-0.05, 0) is 75.5 Å². The summed E-state index contributed by atoms with van der Waals surface area (Å²) >= 11 is 0. The molecule has 0 saturated heterocycles. The first-order chi connectivity index (χ1) is 17.7. The van der Waals surface area contributed by atoms with Crippen LogP contribution in [0.2, 0.25) is 0 Å². The van der Waals surface area contributed by atoms with E-state index in [9.17, 15) is 4.79 Å². The lowest BCUT2D eigenvalue weighted by Crippen LogP contribution is -1.95. The van der Waals surface area contributed by atoms with Gasteiger partial charge in [0.05, 0.1) is 0 Å². The zero-order valence-electron chi connectivity index (χ0n) is 19.8. The number of hydrogen-bond acceptors (Lipinski definition) is 2. The number of furan rings is 1. The van der Waals surface area contributed by atoms with Crippen molar-refractivity contribution in [3.8, 4) is 22.3 Å². The van der Waals surface area contributed by atoms with Crippen molar-refractivity contribution in [2.24, 2.45) is 0 Å². The number of ketones is 1. The number of benzene rings is 6. The van der Waals surface area contributed by atoms with Gasteiger partial charge in [-0.2, -0.15) is 0 Å². The summed E-state index contributed by atoms with van der Waals surface area (Å²) in [6.07, 6.45) is 0. The van der Waals surface area contributed by atoms with E-state index in [4.69, 9.17) is 4.42 Å². The van der Waals surface area contributed by atoms with Gasteiger partial charge in [0.15, 0.2) is 5.78 Å². The molecule has 7 aromatic rings. The molecule has 0 bridgehead atoms. The van der Waals surface area contributed by atoms with Crippen LogP contribution in [0, 0.1) is 0 Å². The van der Waals surface area contributed by atoms with E-state index in [0.29, 0.717) is 5.56 Å². The van der Waals surface area contributed by atoms with Gasteiger partial charge in [-0.3, -0.25) is 4.79 Å². The maximum absolute atomic E-state index is 12.7. The SMILES string of the molecule is CC(=O)c1cc(-c2cc3ccccc3c3ccccc23)cc(-c2cccc3c2oc2ccccc23)c1. The molecule has 0 unspecified atom stereocenters. The molecular weight excluding hydrogens is 440 g/mol. The van der Waals surface area contributed by atoms with Crippen LogP contribution in [0.3, 0.4) is 0 Å². The number of carbonyl (C=O) groups excluding carboxylic acids is 1. The quantitative estimate of drug-likeness (QED) is 0.193. The fourth-order valence-electron chi connectivity index (χ4n) is 5.41. The van der Waals surface area contributed by atoms with Crippen molar-refractivity contribution in [1.29, 1.82) is 0 Å². The Labute approximate surface area is 208 Å². The van der Waals surface area contributed by atoms with E-state index in [1.165, 1.54) is 21.5 Å². The van der Waals surface area contributed by atoms with Crippen molar-refractivity contribution < 1.29 is 9.21 Å². The Kier molecular flexibility index (Phi) is 4.55. The highest BCUT2D eigenvalue weighted by atomic mass is 16.3. The van der Waals surface area contributed by atoms with Gasteiger partial charge in [-0.15, -0.1) is 0 Å². The van der Waals surface area contributed by atoms with Crippen LogP contribution < -0.4 is 0 Å². The second-order valence-corrected chi connectivity index (χ2v) is 9.33. The Morgan fingerprint density at radius 2 is 1.19 bits per heavy atom. The number of carbonyl (C=O) groups is 1. The molecule has 0 aliphatic heterocycles. The highest BCUT2D eigenvalue weighted by molar-refractivity contribution is 6.15. The van der Waals surface area contributed by atoms with Gasteiger partial charge in [0, 0.05) is 21.9 Å². The zero-order chi connectivity index (χ0) is 24.2. The molecule has 7 rings (SSSR count). The Morgan fingerprint density at radius 3 is 2.00 bits per heavy atom. The molecule has 0 aliphatic carbocycles. The van der Waals surface area contributed by atoms with E-state index in [2.05, 4.69) is 84.9 Å². The van der Waals surface area contributed by atoms with Crippen LogP contribution in [-0.2, 0) is 0 Å². The molecule has 0 atom stereocenters. The summed E-state index contributed by atoms with van der Waals surface area (Å²) in [4.78, 5) is 12.7. The lowest BCUT2D eigenvalue weighted by molar-refractivity contribution is 0.101. The first kappa shape index (κ1) is 20.7. The molecule has 0 radical (unpaired) electrons. The maximum atomic E-state index is 12.7. The summed E-state index contributed by atoms with van der Waals surface area (Å²) in [6.45, 7) is 1.63. The van der Waals surface area contributed by atoms with Crippen molar-refractivity contribution in [1.82, 2.24) is 0 Å². The smallest absolute Gasteiger partial charge is 0.159 e. The van der Waals surface area contributed by atoms with Crippen LogP contribution in [0.5, 0.6) is 0 Å². The summed E-state index contributed by atoms with van der Waals surface area (Å²) in [5, 5.41) is 6.96. The highest BCUT2D eigenvalue weighted by Crippen LogP contribution is 2.40. The number of para-hydroxylation sites is 2. The standard InChI is InChI=1S/C34H22O2/c1-21(35)23-17-24(27-14-8-15-31-30-13-6-7-16-33(30)36-34(27)31)19-25(18-23)32-20-22-9-2-3-10-26(22)28-11-4-5-12-29(28)32/h2-20H,1H3. The molecule has 0 aliphatic rings. The van der Waals surface area contributed by atoms with Crippen molar-refractivity contribution in [3.05, 3.63) is 121 Å². The third-order valence-corrected chi connectivity index (χ3v) is 7.13. The normalized spacial score (nSPS) is 11.6. The topological polar surface area (TPSA) is 30.2 Å². The predicted molar refractivity (Wildman–Crippen MR) is 150 cm³/mol. The van der Waals surface area contributed by atoms with Gasteiger partial charge in [0.25, 0.3) is 0 Å². The summed E-state index contributed by atoms with van der Waals surface area (Å²) in [5.74, 6) is 0.0416. The molecule has 6 aromatic carbocycles. The average Bonchev–Trinajstić information content (AvgIpc) is 3.31. The van der Waals surface area contributed by atoms with Crippen LogP contribution in [-0.4, -0.2) is 5.78 Å². The second-order valence-electron chi connectivity index (χ2n) is 9.33. The van der Waals surface area contributed by atoms with E-state index >= 15 is 0 Å². The molecule has 2 heteroatoms. The zero-order valence-corrected chi connectivity index (χ0v) is 19.8. The number of fused-ring (bicyclic) bond motifs is 6. The fourth-order valence-corrected chi connectivity index (χ4v) is 5.41. The third kappa shape index (κ3) is 3.15. The summed E-state index contributed by atoms with van der Waals surface area (Å²) in [6, 6.07) is 39.7. The van der Waals surface area contributed by atoms with Gasteiger partial charge in [0.1, 0.15) is 11.2 Å². The monoisotopic (exact) mass is 462 g/mol. The van der Waals surface area contributed by atoms with Crippen molar-refractivity contribution in [2.75, 3.05) is 0 Å². The number of Topliss-reactive ketones (excluding diaryl/α,β-unsaturated/α-hetero) is 1. The van der Waals surface area contributed by atoms with E-state index in [-0.39, 0.29) is 5.78 Å². The van der Waals surface area contributed by atoms with Crippen molar-refractivity contribution >= 4 is 49.3 Å². The first-order valence-electron chi connectivity index (χ1n) is 12.1. The second kappa shape index (κ2) is 7.93. The van der Waals surface area contributed by atoms with E-state index in [1.54, 1.807) is 6.92 Å². The molecule has 2 nitrogen and oxygen atoms in total. The largest absolute Gasteiger partial charge is 0.455 e. The third-order valence-electron chi connectivity index (χ3n) is 7.13. The van der Waals surface area contributed by atoms with Crippen LogP contribution in [0.25, 0.3) is 65.7 Å². The Balaban J connectivity index is 1.54. The van der Waals surface area contributed by atoms with Gasteiger partial charge >= 0.3 is 0 Å². The van der Waals surface area contributed by atoms with E-state index in [1.807, 2.05) is 30.3 Å². The van der Waals surface area contributed by atoms with Crippen LogP contribution in [0.4, 0.5) is 0 Å². The molecule has 1 heterocycles. The van der Waals surface area contributed by atoms with Gasteiger partial charge in [-0.1, -0.05) is 84.9 Å². The average molecular weight is 463 g/mol. The minimum Gasteiger partial charge on any atom is -0.455 e. The Morgan fingerprint density at radius 1 is 0.556 bits per heavy atom. The minimum atomic E-state index is 0.0416. The molecule has 1 aromatic heterocycles.